The molecule has 0 aliphatic heterocycles. The second-order valence-electron chi connectivity index (χ2n) is 5.89. The highest BCUT2D eigenvalue weighted by atomic mass is 16.2. The van der Waals surface area contributed by atoms with Crippen molar-refractivity contribution in [2.45, 2.75) is 84.0 Å². The lowest BCUT2D eigenvalue weighted by Gasteiger charge is -2.16. The zero-order valence-electron chi connectivity index (χ0n) is 13.4. The van der Waals surface area contributed by atoms with Crippen LogP contribution in [0.1, 0.15) is 84.0 Å². The summed E-state index contributed by atoms with van der Waals surface area (Å²) in [5.41, 5.74) is 0. The van der Waals surface area contributed by atoms with Crippen LogP contribution in [0.5, 0.6) is 0 Å². The minimum Gasteiger partial charge on any atom is -0.396 e. The van der Waals surface area contributed by atoms with Gasteiger partial charge in [-0.3, -0.25) is 0 Å². The van der Waals surface area contributed by atoms with Crippen molar-refractivity contribution in [1.29, 1.82) is 0 Å². The van der Waals surface area contributed by atoms with Crippen molar-refractivity contribution in [2.75, 3.05) is 20.2 Å². The molecule has 1 unspecified atom stereocenters. The van der Waals surface area contributed by atoms with Gasteiger partial charge in [0.05, 0.1) is 0 Å². The highest BCUT2D eigenvalue weighted by molar-refractivity contribution is 4.62. The summed E-state index contributed by atoms with van der Waals surface area (Å²) in [5, 5.41) is 12.0. The molecule has 0 aromatic rings. The first-order valence-corrected chi connectivity index (χ1v) is 8.60. The molecule has 0 aromatic carbocycles. The van der Waals surface area contributed by atoms with Crippen LogP contribution in [0.3, 0.4) is 0 Å². The molecule has 116 valence electrons. The van der Waals surface area contributed by atoms with Crippen LogP contribution in [-0.4, -0.2) is 25.3 Å². The van der Waals surface area contributed by atoms with Crippen molar-refractivity contribution < 1.29 is 5.11 Å². The molecule has 0 aromatic heterocycles. The number of aliphatic hydroxyl groups excluding tert-OH is 1. The van der Waals surface area contributed by atoms with Crippen molar-refractivity contribution in [2.24, 2.45) is 5.92 Å². The van der Waals surface area contributed by atoms with Gasteiger partial charge in [-0.15, -0.1) is 0 Å². The van der Waals surface area contributed by atoms with E-state index in [2.05, 4.69) is 19.3 Å². The standard InChI is InChI=1S/C17H37NO/c1-3-4-5-9-12-17(14-15-18-2)13-10-7-6-8-11-16-19/h17-19H,3-16H2,1-2H3. The first-order chi connectivity index (χ1) is 9.35. The smallest absolute Gasteiger partial charge is 0.0431 e. The molecule has 0 amide bonds. The molecule has 1 atom stereocenters. The predicted octanol–water partition coefficient (Wildman–Crippen LogP) is 4.52. The maximum Gasteiger partial charge on any atom is 0.0431 e. The van der Waals surface area contributed by atoms with E-state index in [0.717, 1.165) is 12.3 Å². The van der Waals surface area contributed by atoms with Crippen LogP contribution in [-0.2, 0) is 0 Å². The van der Waals surface area contributed by atoms with Crippen molar-refractivity contribution in [3.63, 3.8) is 0 Å². The third kappa shape index (κ3) is 14.1. The normalized spacial score (nSPS) is 12.8. The molecule has 0 aliphatic carbocycles. The van der Waals surface area contributed by atoms with Gasteiger partial charge < -0.3 is 10.4 Å². The van der Waals surface area contributed by atoms with E-state index in [1.54, 1.807) is 0 Å². The van der Waals surface area contributed by atoms with Crippen molar-refractivity contribution in [1.82, 2.24) is 5.32 Å². The van der Waals surface area contributed by atoms with Crippen LogP contribution in [0.25, 0.3) is 0 Å². The monoisotopic (exact) mass is 271 g/mol. The van der Waals surface area contributed by atoms with Crippen LogP contribution in [0, 0.1) is 5.92 Å². The number of hydrogen-bond donors (Lipinski definition) is 2. The molecular weight excluding hydrogens is 234 g/mol. The summed E-state index contributed by atoms with van der Waals surface area (Å²) in [5.74, 6) is 0.933. The molecule has 2 nitrogen and oxygen atoms in total. The molecule has 0 radical (unpaired) electrons. The lowest BCUT2D eigenvalue weighted by molar-refractivity contribution is 0.281. The summed E-state index contributed by atoms with van der Waals surface area (Å²) < 4.78 is 0. The minimum atomic E-state index is 0.363. The molecule has 2 N–H and O–H groups in total. The fourth-order valence-electron chi connectivity index (χ4n) is 2.72. The van der Waals surface area contributed by atoms with E-state index in [1.165, 1.54) is 77.2 Å². The van der Waals surface area contributed by atoms with Gasteiger partial charge in [-0.05, 0) is 32.4 Å². The van der Waals surface area contributed by atoms with Crippen molar-refractivity contribution >= 4 is 0 Å². The molecule has 0 aliphatic rings. The Labute approximate surface area is 121 Å². The van der Waals surface area contributed by atoms with E-state index in [4.69, 9.17) is 5.11 Å². The second-order valence-corrected chi connectivity index (χ2v) is 5.89. The van der Waals surface area contributed by atoms with Gasteiger partial charge >= 0.3 is 0 Å². The molecule has 0 rings (SSSR count). The zero-order chi connectivity index (χ0) is 14.2. The van der Waals surface area contributed by atoms with Crippen LogP contribution < -0.4 is 5.32 Å². The number of aliphatic hydroxyl groups is 1. The number of rotatable bonds is 15. The first kappa shape index (κ1) is 18.9. The van der Waals surface area contributed by atoms with E-state index >= 15 is 0 Å². The summed E-state index contributed by atoms with van der Waals surface area (Å²) in [7, 11) is 2.06. The topological polar surface area (TPSA) is 32.3 Å². The largest absolute Gasteiger partial charge is 0.396 e. The van der Waals surface area contributed by atoms with Crippen molar-refractivity contribution in [3.8, 4) is 0 Å². The van der Waals surface area contributed by atoms with Crippen molar-refractivity contribution in [3.05, 3.63) is 0 Å². The zero-order valence-corrected chi connectivity index (χ0v) is 13.4. The van der Waals surface area contributed by atoms with Gasteiger partial charge in [-0.2, -0.15) is 0 Å². The highest BCUT2D eigenvalue weighted by Crippen LogP contribution is 2.21. The second kappa shape index (κ2) is 16.0. The van der Waals surface area contributed by atoms with Crippen LogP contribution in [0.4, 0.5) is 0 Å². The average molecular weight is 271 g/mol. The van der Waals surface area contributed by atoms with E-state index in [0.29, 0.717) is 6.61 Å². The van der Waals surface area contributed by atoms with Crippen LogP contribution >= 0.6 is 0 Å². The summed E-state index contributed by atoms with van der Waals surface area (Å²) in [6.07, 6.45) is 16.0. The molecule has 0 spiro atoms. The predicted molar refractivity (Wildman–Crippen MR) is 85.6 cm³/mol. The number of nitrogens with one attached hydrogen (secondary N) is 1. The summed E-state index contributed by atoms with van der Waals surface area (Å²) in [4.78, 5) is 0. The lowest BCUT2D eigenvalue weighted by Crippen LogP contribution is -2.13. The third-order valence-corrected chi connectivity index (χ3v) is 4.04. The molecular formula is C17H37NO. The Morgan fingerprint density at radius 3 is 1.95 bits per heavy atom. The number of unbranched alkanes of at least 4 members (excludes halogenated alkanes) is 7. The molecule has 19 heavy (non-hydrogen) atoms. The Morgan fingerprint density at radius 1 is 0.789 bits per heavy atom. The van der Waals surface area contributed by atoms with Gasteiger partial charge in [-0.25, -0.2) is 0 Å². The van der Waals surface area contributed by atoms with E-state index in [-0.39, 0.29) is 0 Å². The molecule has 0 heterocycles. The average Bonchev–Trinajstić information content (AvgIpc) is 2.43. The van der Waals surface area contributed by atoms with Crippen LogP contribution in [0.2, 0.25) is 0 Å². The SMILES string of the molecule is CCCCCCC(CCCCCCCO)CCNC. The lowest BCUT2D eigenvalue weighted by atomic mass is 9.91. The molecule has 2 heteroatoms. The fourth-order valence-corrected chi connectivity index (χ4v) is 2.72. The summed E-state index contributed by atoms with van der Waals surface area (Å²) in [6, 6.07) is 0. The molecule has 0 bridgehead atoms. The Hall–Kier alpha value is -0.0800. The van der Waals surface area contributed by atoms with E-state index in [1.807, 2.05) is 0 Å². The van der Waals surface area contributed by atoms with Gasteiger partial charge in [0.1, 0.15) is 0 Å². The fraction of sp³-hybridized carbons (Fsp3) is 1.00. The van der Waals surface area contributed by atoms with E-state index in [9.17, 15) is 0 Å². The molecule has 0 fully saturated rings. The Kier molecular flexibility index (Phi) is 15.9. The summed E-state index contributed by atoms with van der Waals surface area (Å²) in [6.45, 7) is 3.82. The van der Waals surface area contributed by atoms with E-state index < -0.39 is 0 Å². The van der Waals surface area contributed by atoms with Gasteiger partial charge in [0, 0.05) is 6.61 Å². The van der Waals surface area contributed by atoms with Gasteiger partial charge in [0.2, 0.25) is 0 Å². The third-order valence-electron chi connectivity index (χ3n) is 4.04. The molecule has 0 saturated carbocycles. The Balaban J connectivity index is 3.55. The summed E-state index contributed by atoms with van der Waals surface area (Å²) >= 11 is 0. The first-order valence-electron chi connectivity index (χ1n) is 8.60. The van der Waals surface area contributed by atoms with Crippen LogP contribution in [0.15, 0.2) is 0 Å². The highest BCUT2D eigenvalue weighted by Gasteiger charge is 2.07. The van der Waals surface area contributed by atoms with Gasteiger partial charge in [-0.1, -0.05) is 71.1 Å². The maximum atomic E-state index is 8.74. The molecule has 0 saturated heterocycles. The minimum absolute atomic E-state index is 0.363. The van der Waals surface area contributed by atoms with Gasteiger partial charge in [0.15, 0.2) is 0 Å². The number of hydrogen-bond acceptors (Lipinski definition) is 2. The Bertz CT molecular complexity index is 161. The van der Waals surface area contributed by atoms with Gasteiger partial charge in [0.25, 0.3) is 0 Å². The maximum absolute atomic E-state index is 8.74. The Morgan fingerprint density at radius 2 is 1.37 bits per heavy atom. The quantitative estimate of drug-likeness (QED) is 0.429.